The molecule has 0 aliphatic rings. The van der Waals surface area contributed by atoms with Crippen molar-refractivity contribution < 1.29 is 13.9 Å². The number of nitrogens with two attached hydrogens (primary N) is 1. The van der Waals surface area contributed by atoms with E-state index in [2.05, 4.69) is 0 Å². The monoisotopic (exact) mass is 305 g/mol. The molecule has 2 aromatic carbocycles. The predicted molar refractivity (Wildman–Crippen MR) is 83.8 cm³/mol. The van der Waals surface area contributed by atoms with Crippen LogP contribution < -0.4 is 10.5 Å². The van der Waals surface area contributed by atoms with Gasteiger partial charge >= 0.3 is 0 Å². The molecule has 0 aliphatic carbocycles. The first-order chi connectivity index (χ1) is 10.1. The molecule has 2 rings (SSSR count). The van der Waals surface area contributed by atoms with Gasteiger partial charge in [0.1, 0.15) is 16.6 Å². The quantitative estimate of drug-likeness (QED) is 0.833. The Bertz CT molecular complexity index is 646. The molecular formula is C16H16FNO2S. The summed E-state index contributed by atoms with van der Waals surface area (Å²) in [6.45, 7) is 0.695. The first kappa shape index (κ1) is 15.4. The third-order valence-corrected chi connectivity index (χ3v) is 3.15. The first-order valence-electron chi connectivity index (χ1n) is 6.38. The Balaban J connectivity index is 1.98. The lowest BCUT2D eigenvalue weighted by Gasteiger charge is -2.08. The number of hydrogen-bond acceptors (Lipinski definition) is 3. The van der Waals surface area contributed by atoms with E-state index >= 15 is 0 Å². The van der Waals surface area contributed by atoms with E-state index in [1.54, 1.807) is 13.2 Å². The van der Waals surface area contributed by atoms with Crippen LogP contribution in [0.1, 0.15) is 16.7 Å². The fourth-order valence-electron chi connectivity index (χ4n) is 1.92. The van der Waals surface area contributed by atoms with Gasteiger partial charge in [0.05, 0.1) is 20.3 Å². The molecule has 0 aromatic heterocycles. The van der Waals surface area contributed by atoms with Gasteiger partial charge in [-0.15, -0.1) is 0 Å². The van der Waals surface area contributed by atoms with E-state index in [0.717, 1.165) is 11.3 Å². The molecule has 3 nitrogen and oxygen atoms in total. The molecule has 2 aromatic rings. The Hall–Kier alpha value is -1.98. The Labute approximate surface area is 128 Å². The van der Waals surface area contributed by atoms with E-state index in [4.69, 9.17) is 27.4 Å². The SMILES string of the molecule is COc1cccc(COCc2cc(F)cc(C(N)=S)c2)c1. The van der Waals surface area contributed by atoms with Gasteiger partial charge in [-0.2, -0.15) is 0 Å². The van der Waals surface area contributed by atoms with Gasteiger partial charge in [0.2, 0.25) is 0 Å². The number of thiocarbonyl (C=S) groups is 1. The van der Waals surface area contributed by atoms with Gasteiger partial charge in [0.25, 0.3) is 0 Å². The highest BCUT2D eigenvalue weighted by molar-refractivity contribution is 7.80. The summed E-state index contributed by atoms with van der Waals surface area (Å²) in [7, 11) is 1.62. The number of benzene rings is 2. The summed E-state index contributed by atoms with van der Waals surface area (Å²) in [5.41, 5.74) is 7.70. The predicted octanol–water partition coefficient (Wildman–Crippen LogP) is 3.19. The van der Waals surface area contributed by atoms with Gasteiger partial charge in [0.15, 0.2) is 0 Å². The molecule has 110 valence electrons. The van der Waals surface area contributed by atoms with Crippen molar-refractivity contribution in [3.63, 3.8) is 0 Å². The zero-order chi connectivity index (χ0) is 15.2. The molecule has 0 radical (unpaired) electrons. The molecule has 2 N–H and O–H groups in total. The van der Waals surface area contributed by atoms with Crippen LogP contribution in [-0.2, 0) is 18.0 Å². The summed E-state index contributed by atoms with van der Waals surface area (Å²) in [5.74, 6) is 0.401. The first-order valence-corrected chi connectivity index (χ1v) is 6.79. The van der Waals surface area contributed by atoms with Crippen LogP contribution in [0.25, 0.3) is 0 Å². The van der Waals surface area contributed by atoms with Crippen LogP contribution >= 0.6 is 12.2 Å². The van der Waals surface area contributed by atoms with Crippen molar-refractivity contribution in [3.8, 4) is 5.75 Å². The summed E-state index contributed by atoms with van der Waals surface area (Å²) < 4.78 is 24.2. The Kier molecular flexibility index (Phi) is 5.25. The maximum absolute atomic E-state index is 13.4. The number of halogens is 1. The standard InChI is InChI=1S/C16H16FNO2S/c1-19-15-4-2-3-11(7-15)9-20-10-12-5-13(16(18)21)8-14(17)6-12/h2-8H,9-10H2,1H3,(H2,18,21). The fraction of sp³-hybridized carbons (Fsp3) is 0.188. The molecule has 0 atom stereocenters. The molecule has 0 unspecified atom stereocenters. The minimum absolute atomic E-state index is 0.170. The third kappa shape index (κ3) is 4.51. The van der Waals surface area contributed by atoms with Gasteiger partial charge in [-0.05, 0) is 41.5 Å². The molecule has 5 heteroatoms. The minimum Gasteiger partial charge on any atom is -0.497 e. The average Bonchev–Trinajstić information content (AvgIpc) is 2.47. The highest BCUT2D eigenvalue weighted by Gasteiger charge is 2.04. The summed E-state index contributed by atoms with van der Waals surface area (Å²) in [4.78, 5) is 0.170. The Morgan fingerprint density at radius 3 is 2.62 bits per heavy atom. The van der Waals surface area contributed by atoms with Gasteiger partial charge in [-0.3, -0.25) is 0 Å². The van der Waals surface area contributed by atoms with Crippen LogP contribution in [0.15, 0.2) is 42.5 Å². The van der Waals surface area contributed by atoms with Crippen molar-refractivity contribution in [3.05, 3.63) is 65.0 Å². The maximum Gasteiger partial charge on any atom is 0.124 e. The summed E-state index contributed by atoms with van der Waals surface area (Å²) in [5, 5.41) is 0. The molecule has 21 heavy (non-hydrogen) atoms. The topological polar surface area (TPSA) is 44.5 Å². The summed E-state index contributed by atoms with van der Waals surface area (Å²) in [6.07, 6.45) is 0. The van der Waals surface area contributed by atoms with E-state index in [9.17, 15) is 4.39 Å². The van der Waals surface area contributed by atoms with Gasteiger partial charge in [-0.25, -0.2) is 4.39 Å². The number of methoxy groups -OCH3 is 1. The van der Waals surface area contributed by atoms with E-state index in [-0.39, 0.29) is 17.4 Å². The van der Waals surface area contributed by atoms with Crippen molar-refractivity contribution in [2.45, 2.75) is 13.2 Å². The molecule has 0 aliphatic heterocycles. The third-order valence-electron chi connectivity index (χ3n) is 2.91. The fourth-order valence-corrected chi connectivity index (χ4v) is 2.04. The van der Waals surface area contributed by atoms with Crippen molar-refractivity contribution in [2.24, 2.45) is 5.73 Å². The zero-order valence-electron chi connectivity index (χ0n) is 11.6. The van der Waals surface area contributed by atoms with Gasteiger partial charge in [-0.1, -0.05) is 24.4 Å². The lowest BCUT2D eigenvalue weighted by atomic mass is 10.1. The second-order valence-electron chi connectivity index (χ2n) is 4.56. The molecule has 0 fully saturated rings. The lowest BCUT2D eigenvalue weighted by Crippen LogP contribution is -2.10. The van der Waals surface area contributed by atoms with Crippen LogP contribution in [0, 0.1) is 5.82 Å². The van der Waals surface area contributed by atoms with Crippen molar-refractivity contribution in [2.75, 3.05) is 7.11 Å². The Morgan fingerprint density at radius 1 is 1.14 bits per heavy atom. The second-order valence-corrected chi connectivity index (χ2v) is 5.00. The summed E-state index contributed by atoms with van der Waals surface area (Å²) >= 11 is 4.85. The average molecular weight is 305 g/mol. The minimum atomic E-state index is -0.375. The molecule has 0 bridgehead atoms. The van der Waals surface area contributed by atoms with E-state index in [0.29, 0.717) is 17.7 Å². The van der Waals surface area contributed by atoms with Crippen molar-refractivity contribution in [1.29, 1.82) is 0 Å². The molecule has 0 saturated carbocycles. The lowest BCUT2D eigenvalue weighted by molar-refractivity contribution is 0.107. The molecule has 0 amide bonds. The van der Waals surface area contributed by atoms with E-state index in [1.165, 1.54) is 12.1 Å². The normalized spacial score (nSPS) is 10.4. The van der Waals surface area contributed by atoms with Crippen LogP contribution in [0.2, 0.25) is 0 Å². The van der Waals surface area contributed by atoms with E-state index < -0.39 is 0 Å². The van der Waals surface area contributed by atoms with Crippen LogP contribution in [-0.4, -0.2) is 12.1 Å². The van der Waals surface area contributed by atoms with Crippen LogP contribution in [0.3, 0.4) is 0 Å². The molecular weight excluding hydrogens is 289 g/mol. The smallest absolute Gasteiger partial charge is 0.124 e. The highest BCUT2D eigenvalue weighted by atomic mass is 32.1. The Morgan fingerprint density at radius 2 is 1.90 bits per heavy atom. The van der Waals surface area contributed by atoms with Crippen LogP contribution in [0.4, 0.5) is 4.39 Å². The number of ether oxygens (including phenoxy) is 2. The summed E-state index contributed by atoms with van der Waals surface area (Å²) in [6, 6.07) is 12.0. The van der Waals surface area contributed by atoms with Crippen molar-refractivity contribution >= 4 is 17.2 Å². The number of hydrogen-bond donors (Lipinski definition) is 1. The number of rotatable bonds is 6. The molecule has 0 heterocycles. The highest BCUT2D eigenvalue weighted by Crippen LogP contribution is 2.15. The molecule has 0 spiro atoms. The second kappa shape index (κ2) is 7.15. The van der Waals surface area contributed by atoms with E-state index in [1.807, 2.05) is 24.3 Å². The molecule has 0 saturated heterocycles. The maximum atomic E-state index is 13.4. The van der Waals surface area contributed by atoms with Crippen LogP contribution in [0.5, 0.6) is 5.75 Å². The van der Waals surface area contributed by atoms with Crippen molar-refractivity contribution in [1.82, 2.24) is 0 Å². The largest absolute Gasteiger partial charge is 0.497 e. The zero-order valence-corrected chi connectivity index (χ0v) is 12.5. The van der Waals surface area contributed by atoms with Gasteiger partial charge < -0.3 is 15.2 Å². The van der Waals surface area contributed by atoms with Gasteiger partial charge in [0, 0.05) is 5.56 Å².